The molecule has 0 N–H and O–H groups in total. The fourth-order valence-electron chi connectivity index (χ4n) is 2.35. The Morgan fingerprint density at radius 2 is 2.28 bits per heavy atom. The van der Waals surface area contributed by atoms with E-state index >= 15 is 0 Å². The maximum atomic E-state index is 10.7. The third kappa shape index (κ3) is 3.79. The van der Waals surface area contributed by atoms with Gasteiger partial charge in [0.2, 0.25) is 0 Å². The number of rotatable bonds is 8. The monoisotopic (exact) mass is 359 g/mol. The lowest BCUT2D eigenvalue weighted by atomic mass is 10.3. The van der Waals surface area contributed by atoms with E-state index in [-0.39, 0.29) is 5.69 Å². The van der Waals surface area contributed by atoms with Gasteiger partial charge in [0.05, 0.1) is 10.8 Å². The highest BCUT2D eigenvalue weighted by molar-refractivity contribution is 7.98. The van der Waals surface area contributed by atoms with Crippen molar-refractivity contribution < 1.29 is 4.92 Å². The van der Waals surface area contributed by atoms with E-state index in [1.807, 2.05) is 34.5 Å². The zero-order valence-electron chi connectivity index (χ0n) is 13.6. The quantitative estimate of drug-likeness (QED) is 0.265. The smallest absolute Gasteiger partial charge is 0.307 e. The largest absolute Gasteiger partial charge is 0.354 e. The molecule has 0 aliphatic carbocycles. The average Bonchev–Trinajstić information content (AvgIpc) is 3.29. The molecule has 0 saturated heterocycles. The number of hydrogen-bond donors (Lipinski definition) is 0. The van der Waals surface area contributed by atoms with Crippen LogP contribution >= 0.6 is 11.8 Å². The van der Waals surface area contributed by atoms with Crippen molar-refractivity contribution in [2.75, 3.05) is 0 Å². The van der Waals surface area contributed by atoms with Gasteiger partial charge < -0.3 is 9.13 Å². The molecule has 0 saturated carbocycles. The SMILES string of the molecule is C=CCn1c(Cc2cccn2C)nnc1SCn1cc([N+](=O)[O-])cn1. The molecule has 0 fully saturated rings. The summed E-state index contributed by atoms with van der Waals surface area (Å²) in [5.41, 5.74) is 1.11. The molecule has 0 radical (unpaired) electrons. The normalized spacial score (nSPS) is 10.9. The van der Waals surface area contributed by atoms with Gasteiger partial charge in [0.25, 0.3) is 0 Å². The maximum absolute atomic E-state index is 10.7. The summed E-state index contributed by atoms with van der Waals surface area (Å²) in [6.45, 7) is 4.38. The van der Waals surface area contributed by atoms with Crippen LogP contribution in [-0.4, -0.2) is 34.0 Å². The molecule has 9 nitrogen and oxygen atoms in total. The van der Waals surface area contributed by atoms with Crippen LogP contribution < -0.4 is 0 Å². The minimum absolute atomic E-state index is 0.0300. The van der Waals surface area contributed by atoms with Gasteiger partial charge in [-0.05, 0) is 12.1 Å². The molecule has 130 valence electrons. The topological polar surface area (TPSA) is 96.6 Å². The Balaban J connectivity index is 1.75. The molecule has 0 aliphatic heterocycles. The molecule has 0 unspecified atom stereocenters. The molecular weight excluding hydrogens is 342 g/mol. The van der Waals surface area contributed by atoms with Crippen LogP contribution in [0, 0.1) is 10.1 Å². The first-order valence-corrected chi connectivity index (χ1v) is 8.50. The molecule has 0 bridgehead atoms. The van der Waals surface area contributed by atoms with Crippen LogP contribution in [0.2, 0.25) is 0 Å². The van der Waals surface area contributed by atoms with Gasteiger partial charge in [-0.15, -0.1) is 16.8 Å². The van der Waals surface area contributed by atoms with Crippen molar-refractivity contribution in [3.8, 4) is 0 Å². The lowest BCUT2D eigenvalue weighted by Crippen LogP contribution is -2.07. The summed E-state index contributed by atoms with van der Waals surface area (Å²) < 4.78 is 5.54. The molecule has 25 heavy (non-hydrogen) atoms. The Labute approximate surface area is 148 Å². The fraction of sp³-hybridized carbons (Fsp3) is 0.267. The number of allylic oxidation sites excluding steroid dienone is 1. The van der Waals surface area contributed by atoms with Gasteiger partial charge in [-0.3, -0.25) is 14.8 Å². The molecule has 0 aromatic carbocycles. The van der Waals surface area contributed by atoms with Crippen molar-refractivity contribution in [2.24, 2.45) is 7.05 Å². The first-order valence-electron chi connectivity index (χ1n) is 7.51. The molecule has 3 aromatic rings. The Morgan fingerprint density at radius 3 is 2.92 bits per heavy atom. The molecule has 3 heterocycles. The van der Waals surface area contributed by atoms with E-state index in [2.05, 4.69) is 21.9 Å². The summed E-state index contributed by atoms with van der Waals surface area (Å²) in [5.74, 6) is 1.25. The lowest BCUT2D eigenvalue weighted by Gasteiger charge is -2.08. The van der Waals surface area contributed by atoms with E-state index in [1.165, 1.54) is 28.8 Å². The zero-order valence-corrected chi connectivity index (χ0v) is 14.5. The molecule has 3 rings (SSSR count). The van der Waals surface area contributed by atoms with Gasteiger partial charge in [0, 0.05) is 31.9 Å². The van der Waals surface area contributed by atoms with Crippen LogP contribution in [-0.2, 0) is 25.9 Å². The van der Waals surface area contributed by atoms with Gasteiger partial charge in [0.15, 0.2) is 5.16 Å². The van der Waals surface area contributed by atoms with Crippen LogP contribution in [0.1, 0.15) is 11.5 Å². The number of aromatic nitrogens is 6. The number of hydrogen-bond acceptors (Lipinski definition) is 6. The minimum atomic E-state index is -0.466. The van der Waals surface area contributed by atoms with E-state index in [0.29, 0.717) is 18.8 Å². The second kappa shape index (κ2) is 7.34. The Bertz CT molecular complexity index is 895. The van der Waals surface area contributed by atoms with Gasteiger partial charge in [-0.25, -0.2) is 0 Å². The molecule has 3 aromatic heterocycles. The number of thioether (sulfide) groups is 1. The van der Waals surface area contributed by atoms with Crippen LogP contribution in [0.5, 0.6) is 0 Å². The average molecular weight is 359 g/mol. The third-order valence-corrected chi connectivity index (χ3v) is 4.61. The number of aryl methyl sites for hydroxylation is 1. The van der Waals surface area contributed by atoms with Crippen molar-refractivity contribution >= 4 is 17.4 Å². The van der Waals surface area contributed by atoms with E-state index in [1.54, 1.807) is 6.08 Å². The van der Waals surface area contributed by atoms with Crippen molar-refractivity contribution in [3.05, 3.63) is 65.0 Å². The van der Waals surface area contributed by atoms with Gasteiger partial charge in [-0.2, -0.15) is 5.10 Å². The number of nitro groups is 1. The third-order valence-electron chi connectivity index (χ3n) is 3.65. The van der Waals surface area contributed by atoms with Crippen LogP contribution in [0.15, 0.2) is 48.5 Å². The van der Waals surface area contributed by atoms with Crippen LogP contribution in [0.25, 0.3) is 0 Å². The predicted octanol–water partition coefficient (Wildman–Crippen LogP) is 2.25. The summed E-state index contributed by atoms with van der Waals surface area (Å²) >= 11 is 1.42. The summed E-state index contributed by atoms with van der Waals surface area (Å²) in [5, 5.41) is 24.0. The van der Waals surface area contributed by atoms with E-state index < -0.39 is 4.92 Å². The van der Waals surface area contributed by atoms with Crippen molar-refractivity contribution in [1.82, 2.24) is 29.1 Å². The fourth-order valence-corrected chi connectivity index (χ4v) is 3.18. The van der Waals surface area contributed by atoms with Crippen molar-refractivity contribution in [1.29, 1.82) is 0 Å². The Hall–Kier alpha value is -2.88. The molecule has 10 heteroatoms. The first kappa shape index (κ1) is 17.0. The highest BCUT2D eigenvalue weighted by Crippen LogP contribution is 2.21. The highest BCUT2D eigenvalue weighted by atomic mass is 32.2. The van der Waals surface area contributed by atoms with Crippen LogP contribution in [0.3, 0.4) is 0 Å². The summed E-state index contributed by atoms with van der Waals surface area (Å²) in [6, 6.07) is 4.03. The Morgan fingerprint density at radius 1 is 1.44 bits per heavy atom. The standard InChI is InChI=1S/C15H17N7O2S/c1-3-6-21-14(8-12-5-4-7-19(12)2)17-18-15(21)25-11-20-10-13(9-16-20)22(23)24/h3-5,7,9-10H,1,6,8,11H2,2H3. The molecule has 0 aliphatic rings. The minimum Gasteiger partial charge on any atom is -0.354 e. The van der Waals surface area contributed by atoms with Gasteiger partial charge >= 0.3 is 5.69 Å². The predicted molar refractivity (Wildman–Crippen MR) is 93.2 cm³/mol. The Kier molecular flexibility index (Phi) is 4.98. The molecular formula is C15H17N7O2S. The van der Waals surface area contributed by atoms with Crippen molar-refractivity contribution in [3.63, 3.8) is 0 Å². The summed E-state index contributed by atoms with van der Waals surface area (Å²) in [6.07, 6.45) is 7.07. The van der Waals surface area contributed by atoms with E-state index in [9.17, 15) is 10.1 Å². The molecule has 0 amide bonds. The lowest BCUT2D eigenvalue weighted by molar-refractivity contribution is -0.385. The maximum Gasteiger partial charge on any atom is 0.307 e. The zero-order chi connectivity index (χ0) is 17.8. The molecule has 0 spiro atoms. The van der Waals surface area contributed by atoms with Crippen molar-refractivity contribution in [2.45, 2.75) is 24.0 Å². The summed E-state index contributed by atoms with van der Waals surface area (Å²) in [7, 11) is 1.99. The van der Waals surface area contributed by atoms with Gasteiger partial charge in [0.1, 0.15) is 18.2 Å². The number of nitrogens with zero attached hydrogens (tertiary/aromatic N) is 7. The first-order chi connectivity index (χ1) is 12.1. The summed E-state index contributed by atoms with van der Waals surface area (Å²) in [4.78, 5) is 10.2. The van der Waals surface area contributed by atoms with Gasteiger partial charge in [-0.1, -0.05) is 17.8 Å². The van der Waals surface area contributed by atoms with Crippen LogP contribution in [0.4, 0.5) is 5.69 Å². The second-order valence-corrected chi connectivity index (χ2v) is 6.27. The molecule has 0 atom stereocenters. The second-order valence-electron chi connectivity index (χ2n) is 5.35. The van der Waals surface area contributed by atoms with E-state index in [4.69, 9.17) is 0 Å². The van der Waals surface area contributed by atoms with E-state index in [0.717, 1.165) is 16.7 Å². The highest BCUT2D eigenvalue weighted by Gasteiger charge is 2.15.